The van der Waals surface area contributed by atoms with Crippen molar-refractivity contribution in [2.75, 3.05) is 57.8 Å². The van der Waals surface area contributed by atoms with Crippen LogP contribution in [0.4, 0.5) is 5.69 Å². The van der Waals surface area contributed by atoms with E-state index in [4.69, 9.17) is 0 Å². The molecular formula is C16H27N3O. The van der Waals surface area contributed by atoms with Crippen molar-refractivity contribution in [3.63, 3.8) is 0 Å². The van der Waals surface area contributed by atoms with Crippen molar-refractivity contribution in [1.82, 2.24) is 9.80 Å². The van der Waals surface area contributed by atoms with Crippen molar-refractivity contribution < 1.29 is 5.11 Å². The van der Waals surface area contributed by atoms with Crippen LogP contribution < -0.4 is 4.90 Å². The second-order valence-electron chi connectivity index (χ2n) is 5.63. The summed E-state index contributed by atoms with van der Waals surface area (Å²) >= 11 is 0. The molecule has 20 heavy (non-hydrogen) atoms. The van der Waals surface area contributed by atoms with Crippen molar-refractivity contribution >= 4 is 5.69 Å². The number of likely N-dealkylation sites (N-methyl/N-ethyl adjacent to an activating group) is 2. The highest BCUT2D eigenvalue weighted by atomic mass is 16.3. The first kappa shape index (κ1) is 15.3. The number of para-hydroxylation sites is 1. The third-order valence-electron chi connectivity index (χ3n) is 4.00. The predicted octanol–water partition coefficient (Wildman–Crippen LogP) is 1.12. The van der Waals surface area contributed by atoms with Crippen LogP contribution in [0, 0.1) is 0 Å². The molecule has 0 radical (unpaired) electrons. The number of benzene rings is 1. The molecule has 1 unspecified atom stereocenters. The van der Waals surface area contributed by atoms with Crippen LogP contribution in [-0.4, -0.2) is 73.9 Å². The Balaban J connectivity index is 1.82. The maximum absolute atomic E-state index is 10.3. The zero-order valence-electron chi connectivity index (χ0n) is 12.7. The fraction of sp³-hybridized carbons (Fsp3) is 0.625. The number of aliphatic hydroxyl groups excluding tert-OH is 1. The number of β-amino-alcohol motifs (C(OH)–C–C–N with tert-alkyl or cyclic N) is 1. The molecular weight excluding hydrogens is 250 g/mol. The van der Waals surface area contributed by atoms with Gasteiger partial charge in [0.25, 0.3) is 0 Å². The standard InChI is InChI=1S/C16H27N3O/c1-3-19(15-7-5-4-6-8-15)14-16(20)13-18-11-9-17(2)10-12-18/h4-8,16,20H,3,9-14H2,1-2H3. The highest BCUT2D eigenvalue weighted by Crippen LogP contribution is 2.13. The molecule has 1 heterocycles. The van der Waals surface area contributed by atoms with Crippen LogP contribution in [0.1, 0.15) is 6.92 Å². The van der Waals surface area contributed by atoms with Gasteiger partial charge >= 0.3 is 0 Å². The molecule has 112 valence electrons. The molecule has 1 fully saturated rings. The van der Waals surface area contributed by atoms with Gasteiger partial charge in [0.15, 0.2) is 0 Å². The van der Waals surface area contributed by atoms with Crippen LogP contribution in [0.2, 0.25) is 0 Å². The quantitative estimate of drug-likeness (QED) is 0.844. The number of anilines is 1. The maximum atomic E-state index is 10.3. The summed E-state index contributed by atoms with van der Waals surface area (Å²) in [6.45, 7) is 8.85. The van der Waals surface area contributed by atoms with Crippen molar-refractivity contribution in [3.05, 3.63) is 30.3 Å². The number of hydrogen-bond acceptors (Lipinski definition) is 4. The number of rotatable bonds is 6. The zero-order valence-corrected chi connectivity index (χ0v) is 12.7. The Morgan fingerprint density at radius 2 is 1.80 bits per heavy atom. The molecule has 4 nitrogen and oxygen atoms in total. The first-order chi connectivity index (χ1) is 9.69. The van der Waals surface area contributed by atoms with E-state index in [2.05, 4.69) is 40.8 Å². The molecule has 1 aliphatic heterocycles. The number of nitrogens with zero attached hydrogens (tertiary/aromatic N) is 3. The summed E-state index contributed by atoms with van der Waals surface area (Å²) in [5.74, 6) is 0. The molecule has 0 aromatic heterocycles. The number of piperazine rings is 1. The Morgan fingerprint density at radius 1 is 1.15 bits per heavy atom. The lowest BCUT2D eigenvalue weighted by Gasteiger charge is -2.34. The highest BCUT2D eigenvalue weighted by molar-refractivity contribution is 5.45. The Bertz CT molecular complexity index is 377. The molecule has 0 saturated carbocycles. The minimum Gasteiger partial charge on any atom is -0.390 e. The Kier molecular flexibility index (Phi) is 5.83. The second kappa shape index (κ2) is 7.62. The maximum Gasteiger partial charge on any atom is 0.0841 e. The summed E-state index contributed by atoms with van der Waals surface area (Å²) in [7, 11) is 2.15. The molecule has 0 aliphatic carbocycles. The molecule has 4 heteroatoms. The summed E-state index contributed by atoms with van der Waals surface area (Å²) < 4.78 is 0. The third-order valence-corrected chi connectivity index (χ3v) is 4.00. The summed E-state index contributed by atoms with van der Waals surface area (Å²) in [6.07, 6.45) is -0.293. The van der Waals surface area contributed by atoms with E-state index >= 15 is 0 Å². The lowest BCUT2D eigenvalue weighted by Crippen LogP contribution is -2.48. The van der Waals surface area contributed by atoms with E-state index < -0.39 is 0 Å². The van der Waals surface area contributed by atoms with Crippen molar-refractivity contribution in [3.8, 4) is 0 Å². The zero-order chi connectivity index (χ0) is 14.4. The molecule has 0 amide bonds. The van der Waals surface area contributed by atoms with Crippen molar-refractivity contribution in [1.29, 1.82) is 0 Å². The molecule has 2 rings (SSSR count). The Hall–Kier alpha value is -1.10. The van der Waals surface area contributed by atoms with Gasteiger partial charge in [0, 0.05) is 51.5 Å². The highest BCUT2D eigenvalue weighted by Gasteiger charge is 2.18. The van der Waals surface area contributed by atoms with Crippen LogP contribution in [0.15, 0.2) is 30.3 Å². The topological polar surface area (TPSA) is 30.0 Å². The molecule has 1 saturated heterocycles. The van der Waals surface area contributed by atoms with Gasteiger partial charge in [-0.1, -0.05) is 18.2 Å². The molecule has 1 N–H and O–H groups in total. The van der Waals surface area contributed by atoms with Gasteiger partial charge in [-0.15, -0.1) is 0 Å². The van der Waals surface area contributed by atoms with Crippen LogP contribution >= 0.6 is 0 Å². The van der Waals surface area contributed by atoms with E-state index in [9.17, 15) is 5.11 Å². The van der Waals surface area contributed by atoms with Gasteiger partial charge in [-0.25, -0.2) is 0 Å². The first-order valence-electron chi connectivity index (χ1n) is 7.58. The van der Waals surface area contributed by atoms with Gasteiger partial charge in [0.1, 0.15) is 0 Å². The minimum absolute atomic E-state index is 0.293. The lowest BCUT2D eigenvalue weighted by atomic mass is 10.2. The molecule has 0 spiro atoms. The average molecular weight is 277 g/mol. The van der Waals surface area contributed by atoms with Gasteiger partial charge in [0.05, 0.1) is 6.10 Å². The van der Waals surface area contributed by atoms with E-state index in [0.717, 1.165) is 39.3 Å². The van der Waals surface area contributed by atoms with E-state index in [0.29, 0.717) is 6.54 Å². The molecule has 0 bridgehead atoms. The van der Waals surface area contributed by atoms with Gasteiger partial charge in [-0.2, -0.15) is 0 Å². The second-order valence-corrected chi connectivity index (χ2v) is 5.63. The van der Waals surface area contributed by atoms with Crippen molar-refractivity contribution in [2.45, 2.75) is 13.0 Å². The fourth-order valence-electron chi connectivity index (χ4n) is 2.70. The predicted molar refractivity (Wildman–Crippen MR) is 84.3 cm³/mol. The largest absolute Gasteiger partial charge is 0.390 e. The van der Waals surface area contributed by atoms with Crippen molar-refractivity contribution in [2.24, 2.45) is 0 Å². The first-order valence-corrected chi connectivity index (χ1v) is 7.58. The van der Waals surface area contributed by atoms with Crippen LogP contribution in [0.5, 0.6) is 0 Å². The summed E-state index contributed by atoms with van der Waals surface area (Å²) in [4.78, 5) is 6.94. The summed E-state index contributed by atoms with van der Waals surface area (Å²) in [5, 5.41) is 10.3. The molecule has 1 atom stereocenters. The van der Waals surface area contributed by atoms with E-state index in [-0.39, 0.29) is 6.10 Å². The van der Waals surface area contributed by atoms with Crippen LogP contribution in [-0.2, 0) is 0 Å². The fourth-order valence-corrected chi connectivity index (χ4v) is 2.70. The average Bonchev–Trinajstić information content (AvgIpc) is 2.48. The van der Waals surface area contributed by atoms with E-state index in [1.807, 2.05) is 18.2 Å². The van der Waals surface area contributed by atoms with Gasteiger partial charge in [-0.3, -0.25) is 4.90 Å². The number of hydrogen-bond donors (Lipinski definition) is 1. The summed E-state index contributed by atoms with van der Waals surface area (Å²) in [5.41, 5.74) is 1.19. The minimum atomic E-state index is -0.293. The Morgan fingerprint density at radius 3 is 2.40 bits per heavy atom. The number of aliphatic hydroxyl groups is 1. The summed E-state index contributed by atoms with van der Waals surface area (Å²) in [6, 6.07) is 10.3. The lowest BCUT2D eigenvalue weighted by molar-refractivity contribution is 0.0838. The smallest absolute Gasteiger partial charge is 0.0841 e. The van der Waals surface area contributed by atoms with Crippen LogP contribution in [0.25, 0.3) is 0 Å². The normalized spacial score (nSPS) is 18.9. The Labute approximate surface area is 122 Å². The van der Waals surface area contributed by atoms with E-state index in [1.165, 1.54) is 5.69 Å². The van der Waals surface area contributed by atoms with Gasteiger partial charge < -0.3 is 14.9 Å². The SMILES string of the molecule is CCN(CC(O)CN1CCN(C)CC1)c1ccccc1. The van der Waals surface area contributed by atoms with E-state index in [1.54, 1.807) is 0 Å². The molecule has 1 aliphatic rings. The molecule has 1 aromatic carbocycles. The van der Waals surface area contributed by atoms with Gasteiger partial charge in [0.2, 0.25) is 0 Å². The van der Waals surface area contributed by atoms with Crippen LogP contribution in [0.3, 0.4) is 0 Å². The van der Waals surface area contributed by atoms with Gasteiger partial charge in [-0.05, 0) is 26.1 Å². The molecule has 1 aromatic rings. The monoisotopic (exact) mass is 277 g/mol. The third kappa shape index (κ3) is 4.47.